The van der Waals surface area contributed by atoms with Crippen molar-refractivity contribution in [1.29, 1.82) is 0 Å². The second-order valence-electron chi connectivity index (χ2n) is 6.95. The maximum absolute atomic E-state index is 11.9. The number of benzene rings is 1. The summed E-state index contributed by atoms with van der Waals surface area (Å²) < 4.78 is 10.4. The smallest absolute Gasteiger partial charge is 0.496 e. The van der Waals surface area contributed by atoms with Crippen molar-refractivity contribution in [1.82, 2.24) is 0 Å². The van der Waals surface area contributed by atoms with Gasteiger partial charge < -0.3 is 9.47 Å². The van der Waals surface area contributed by atoms with E-state index in [0.717, 1.165) is 19.3 Å². The lowest BCUT2D eigenvalue weighted by Gasteiger charge is -2.36. The van der Waals surface area contributed by atoms with E-state index >= 15 is 0 Å². The maximum atomic E-state index is 11.9. The Balaban J connectivity index is 1.82. The molecular weight excluding hydrogens is 340 g/mol. The summed E-state index contributed by atoms with van der Waals surface area (Å²) in [5, 5.41) is 4.30. The summed E-state index contributed by atoms with van der Waals surface area (Å²) in [6.45, 7) is 6.34. The molecule has 1 aromatic carbocycles. The van der Waals surface area contributed by atoms with Gasteiger partial charge in [-0.25, -0.2) is 14.5 Å². The molecule has 0 bridgehead atoms. The van der Waals surface area contributed by atoms with Crippen molar-refractivity contribution >= 4 is 12.1 Å². The molecule has 0 aliphatic heterocycles. The van der Waals surface area contributed by atoms with Gasteiger partial charge in [0.1, 0.15) is 17.4 Å². The molecule has 0 amide bonds. The van der Waals surface area contributed by atoms with Crippen LogP contribution in [0.5, 0.6) is 5.75 Å². The largest absolute Gasteiger partial charge is 0.543 e. The van der Waals surface area contributed by atoms with Crippen molar-refractivity contribution in [3.63, 3.8) is 0 Å². The zero-order valence-electron chi connectivity index (χ0n) is 15.6. The topological polar surface area (TPSA) is 80.3 Å². The summed E-state index contributed by atoms with van der Waals surface area (Å²) in [7, 11) is 1.43. The number of ether oxygens (including phenoxy) is 2. The number of hydrogen-bond acceptors (Lipinski definition) is 7. The van der Waals surface area contributed by atoms with Crippen LogP contribution in [0.2, 0.25) is 0 Å². The van der Waals surface area contributed by atoms with E-state index in [1.165, 1.54) is 13.2 Å². The molecule has 1 aromatic rings. The lowest BCUT2D eigenvalue weighted by molar-refractivity contribution is -0.453. The highest BCUT2D eigenvalue weighted by atomic mass is 17.5. The Kier molecular flexibility index (Phi) is 7.26. The third kappa shape index (κ3) is 5.36. The van der Waals surface area contributed by atoms with Crippen molar-refractivity contribution in [3.05, 3.63) is 29.8 Å². The Labute approximate surface area is 153 Å². The molecule has 144 valence electrons. The number of carbonyl (C=O) groups is 2. The van der Waals surface area contributed by atoms with Gasteiger partial charge >= 0.3 is 12.1 Å². The normalized spacial score (nSPS) is 22.6. The third-order valence-electron chi connectivity index (χ3n) is 4.75. The first-order valence-electron chi connectivity index (χ1n) is 8.81. The Bertz CT molecular complexity index is 614. The first kappa shape index (κ1) is 20.0. The number of hydrogen-bond donors (Lipinski definition) is 0. The summed E-state index contributed by atoms with van der Waals surface area (Å²) in [4.78, 5) is 32.7. The second-order valence-corrected chi connectivity index (χ2v) is 6.95. The highest BCUT2D eigenvalue weighted by molar-refractivity contribution is 5.92. The molecule has 0 saturated heterocycles. The fourth-order valence-electron chi connectivity index (χ4n) is 3.33. The van der Waals surface area contributed by atoms with E-state index in [-0.39, 0.29) is 17.6 Å². The van der Waals surface area contributed by atoms with Gasteiger partial charge in [0.15, 0.2) is 0 Å². The number of methoxy groups -OCH3 is 1. The van der Waals surface area contributed by atoms with E-state index in [4.69, 9.17) is 9.47 Å². The van der Waals surface area contributed by atoms with E-state index < -0.39 is 12.1 Å². The van der Waals surface area contributed by atoms with Crippen molar-refractivity contribution in [2.45, 2.75) is 46.1 Å². The first-order valence-corrected chi connectivity index (χ1v) is 8.81. The van der Waals surface area contributed by atoms with Crippen LogP contribution in [0.4, 0.5) is 4.79 Å². The monoisotopic (exact) mass is 366 g/mol. The Morgan fingerprint density at radius 1 is 1.12 bits per heavy atom. The fraction of sp³-hybridized carbons (Fsp3) is 0.579. The standard InChI is InChI=1S/C19H26O7/c1-12(2)14-10-9-13(3)11-17(14)23-19(21)25-26-24-18(20)15-7-5-6-8-16(15)22-4/h5-8,12-14,17H,9-11H2,1-4H3. The van der Waals surface area contributed by atoms with Crippen LogP contribution in [0.3, 0.4) is 0 Å². The van der Waals surface area contributed by atoms with Gasteiger partial charge in [-0.1, -0.05) is 39.3 Å². The molecule has 0 spiro atoms. The van der Waals surface area contributed by atoms with Gasteiger partial charge in [-0.2, -0.15) is 0 Å². The maximum Gasteiger partial charge on any atom is 0.543 e. The molecule has 1 aliphatic carbocycles. The quantitative estimate of drug-likeness (QED) is 0.421. The molecule has 0 aromatic heterocycles. The second kappa shape index (κ2) is 9.43. The van der Waals surface area contributed by atoms with Gasteiger partial charge in [0.25, 0.3) is 0 Å². The van der Waals surface area contributed by atoms with Gasteiger partial charge in [-0.15, -0.1) is 0 Å². The minimum absolute atomic E-state index is 0.146. The Morgan fingerprint density at radius 2 is 1.85 bits per heavy atom. The van der Waals surface area contributed by atoms with Crippen molar-refractivity contribution in [2.75, 3.05) is 7.11 Å². The highest BCUT2D eigenvalue weighted by Crippen LogP contribution is 2.35. The molecule has 7 heteroatoms. The van der Waals surface area contributed by atoms with E-state index in [1.807, 2.05) is 0 Å². The van der Waals surface area contributed by atoms with Crippen LogP contribution in [0, 0.1) is 17.8 Å². The fourth-order valence-corrected chi connectivity index (χ4v) is 3.33. The van der Waals surface area contributed by atoms with Gasteiger partial charge in [0.05, 0.1) is 12.1 Å². The van der Waals surface area contributed by atoms with Crippen LogP contribution in [0.1, 0.15) is 50.4 Å². The number of para-hydroxylation sites is 1. The molecule has 7 nitrogen and oxygen atoms in total. The SMILES string of the molecule is COc1ccccc1C(=O)OOOC(=O)OC1CC(C)CCC1C(C)C. The third-order valence-corrected chi connectivity index (χ3v) is 4.75. The molecule has 26 heavy (non-hydrogen) atoms. The van der Waals surface area contributed by atoms with E-state index in [0.29, 0.717) is 17.6 Å². The molecule has 0 N–H and O–H groups in total. The summed E-state index contributed by atoms with van der Waals surface area (Å²) in [5.41, 5.74) is 0.146. The highest BCUT2D eigenvalue weighted by Gasteiger charge is 2.34. The number of rotatable bonds is 6. The summed E-state index contributed by atoms with van der Waals surface area (Å²) >= 11 is 0. The minimum atomic E-state index is -1.03. The van der Waals surface area contributed by atoms with Crippen molar-refractivity contribution in [3.8, 4) is 5.75 Å². The van der Waals surface area contributed by atoms with E-state index in [9.17, 15) is 9.59 Å². The minimum Gasteiger partial charge on any atom is -0.496 e. The zero-order chi connectivity index (χ0) is 19.1. The first-order chi connectivity index (χ1) is 12.4. The van der Waals surface area contributed by atoms with Crippen LogP contribution in [0.15, 0.2) is 24.3 Å². The van der Waals surface area contributed by atoms with Gasteiger partial charge in [0.2, 0.25) is 0 Å². The van der Waals surface area contributed by atoms with E-state index in [1.54, 1.807) is 18.2 Å². The van der Waals surface area contributed by atoms with Crippen LogP contribution < -0.4 is 4.74 Å². The molecule has 0 radical (unpaired) electrons. The molecule has 1 fully saturated rings. The lowest BCUT2D eigenvalue weighted by Crippen LogP contribution is -2.36. The molecule has 3 unspecified atom stereocenters. The van der Waals surface area contributed by atoms with Gasteiger partial charge in [0, 0.05) is 0 Å². The van der Waals surface area contributed by atoms with Crippen LogP contribution in [-0.4, -0.2) is 25.3 Å². The molecule has 2 rings (SSSR count). The summed E-state index contributed by atoms with van der Waals surface area (Å²) in [6, 6.07) is 6.45. The average Bonchev–Trinajstić information content (AvgIpc) is 2.61. The van der Waals surface area contributed by atoms with Gasteiger partial charge in [-0.05, 0) is 42.7 Å². The van der Waals surface area contributed by atoms with Crippen molar-refractivity contribution < 1.29 is 33.9 Å². The molecular formula is C19H26O7. The molecule has 3 atom stereocenters. The summed E-state index contributed by atoms with van der Waals surface area (Å²) in [5.74, 6) is 0.618. The Morgan fingerprint density at radius 3 is 2.54 bits per heavy atom. The van der Waals surface area contributed by atoms with E-state index in [2.05, 4.69) is 35.6 Å². The number of carbonyl (C=O) groups excluding carboxylic acids is 2. The summed E-state index contributed by atoms with van der Waals surface area (Å²) in [6.07, 6.45) is 1.63. The predicted octanol–water partition coefficient (Wildman–Crippen LogP) is 4.31. The molecule has 0 heterocycles. The van der Waals surface area contributed by atoms with Crippen LogP contribution in [-0.2, 0) is 19.6 Å². The van der Waals surface area contributed by atoms with Crippen molar-refractivity contribution in [2.24, 2.45) is 17.8 Å². The van der Waals surface area contributed by atoms with Crippen LogP contribution >= 0.6 is 0 Å². The zero-order valence-corrected chi connectivity index (χ0v) is 15.6. The lowest BCUT2D eigenvalue weighted by atomic mass is 9.75. The Hall–Kier alpha value is -2.28. The average molecular weight is 366 g/mol. The molecule has 1 aliphatic rings. The van der Waals surface area contributed by atoms with Gasteiger partial charge in [-0.3, -0.25) is 4.89 Å². The van der Waals surface area contributed by atoms with Crippen LogP contribution in [0.25, 0.3) is 0 Å². The molecule has 1 saturated carbocycles. The predicted molar refractivity (Wildman–Crippen MR) is 92.2 cm³/mol.